The van der Waals surface area contributed by atoms with Crippen molar-refractivity contribution >= 4 is 126 Å². The zero-order chi connectivity index (χ0) is 67.1. The molecule has 4 aliphatic heterocycles. The fourth-order valence-corrected chi connectivity index (χ4v) is 14.6. The zero-order valence-electron chi connectivity index (χ0n) is 51.7. The number of hydrogen-bond acceptors (Lipinski definition) is 21. The van der Waals surface area contributed by atoms with E-state index >= 15 is 0 Å². The number of H-pyrrole nitrogens is 1. The Morgan fingerprint density at radius 3 is 2.00 bits per heavy atom. The van der Waals surface area contributed by atoms with Gasteiger partial charge in [0.1, 0.15) is 66.5 Å². The maximum absolute atomic E-state index is 14.9. The zero-order valence-corrected chi connectivity index (χ0v) is 54.9. The normalized spacial score (nSPS) is 27.5. The number of carbonyl (C=O) groups is 14. The van der Waals surface area contributed by atoms with Crippen LogP contribution in [0.5, 0.6) is 0 Å². The summed E-state index contributed by atoms with van der Waals surface area (Å²) in [5, 5.41) is 42.4. The fraction of sp³-hybridized carbons (Fsp3) is 0.691. The summed E-state index contributed by atoms with van der Waals surface area (Å²) in [5.74, 6) is -14.1. The van der Waals surface area contributed by atoms with Crippen molar-refractivity contribution in [2.75, 3.05) is 49.2 Å². The van der Waals surface area contributed by atoms with E-state index in [4.69, 9.17) is 11.5 Å². The highest BCUT2D eigenvalue weighted by atomic mass is 33.1. The molecule has 1 aromatic rings. The highest BCUT2D eigenvalue weighted by molar-refractivity contribution is 8.77. The van der Waals surface area contributed by atoms with Crippen molar-refractivity contribution in [3.63, 3.8) is 0 Å². The molecule has 18 N–H and O–H groups in total. The number of amides is 14. The summed E-state index contributed by atoms with van der Waals surface area (Å²) >= 11 is 0. The average molecular weight is 1350 g/mol. The van der Waals surface area contributed by atoms with Gasteiger partial charge >= 0.3 is 0 Å². The number of nitrogens with two attached hydrogens (primary N) is 2. The van der Waals surface area contributed by atoms with Crippen molar-refractivity contribution in [3.8, 4) is 0 Å². The summed E-state index contributed by atoms with van der Waals surface area (Å²) in [6, 6.07) is -15.1. The molecular formula is C55H87N17O15S4. The lowest BCUT2D eigenvalue weighted by molar-refractivity contribution is -0.142. The summed E-state index contributed by atoms with van der Waals surface area (Å²) in [7, 11) is 3.73. The number of hydrogen-bond donors (Lipinski definition) is 16. The number of rotatable bonds is 18. The number of fused-ring (bicyclic) bond motifs is 6. The van der Waals surface area contributed by atoms with Crippen LogP contribution in [0.4, 0.5) is 0 Å². The standard InChI is InChI=1S/C55H87N17O15S4/c1-7-28(6)44-54(86)63-31(10-8-9-13-56)48(80)64-33(14-26(2)3)49(81)68-37-23-91-89-22-36(47(79)60-19-42(76)71-44)67-51(83)38(69-53(85)43(27(4)5)70-41(75)18-59-46(78)32-11-12-40(74)62-32)24-90-88-21-35(45(57)77)66-52(84)39-16-30(73)20-72(39)55(87)34(65-50(37)82)15-29-17-58-25-61-29/h17,25-28,30-39,43-44,73H,7-16,18-24,56H2,1-6H3,(H2,57,77)(H,58,61)(H,59,78)(H,60,79)(H,62,74)(H,63,86)(H,64,80)(H,65,82)(H,66,84)(H,67,83)(H,68,81)(H,69,85)(H,70,75)(H,71,76)/t28-,30+,31-,32-,33-,34-,35-,36-,37-,38-,39-,43-,44-/m0/s1. The smallest absolute Gasteiger partial charge is 0.246 e. The van der Waals surface area contributed by atoms with Gasteiger partial charge in [-0.2, -0.15) is 0 Å². The van der Waals surface area contributed by atoms with E-state index in [1.54, 1.807) is 41.5 Å². The second kappa shape index (κ2) is 37.0. The van der Waals surface area contributed by atoms with E-state index in [1.165, 1.54) is 12.5 Å². The minimum absolute atomic E-state index is 0.0198. The Kier molecular flexibility index (Phi) is 30.4. The number of aliphatic hydroxyl groups excluding tert-OH is 1. The number of nitrogens with one attached hydrogen (secondary N) is 13. The first kappa shape index (κ1) is 74.8. The van der Waals surface area contributed by atoms with E-state index in [9.17, 15) is 72.2 Å². The summed E-state index contributed by atoms with van der Waals surface area (Å²) in [6.07, 6.45) is 2.53. The molecule has 4 aliphatic rings. The molecule has 0 saturated carbocycles. The van der Waals surface area contributed by atoms with Gasteiger partial charge in [-0.1, -0.05) is 91.1 Å². The molecule has 1 aromatic heterocycles. The first-order chi connectivity index (χ1) is 43.2. The second-order valence-electron chi connectivity index (χ2n) is 23.4. The first-order valence-electron chi connectivity index (χ1n) is 30.2. The molecule has 5 rings (SSSR count). The summed E-state index contributed by atoms with van der Waals surface area (Å²) in [5.41, 5.74) is 11.9. The van der Waals surface area contributed by atoms with Crippen molar-refractivity contribution in [2.24, 2.45) is 29.2 Å². The molecule has 0 aliphatic carbocycles. The van der Waals surface area contributed by atoms with Crippen molar-refractivity contribution in [3.05, 3.63) is 18.2 Å². The Morgan fingerprint density at radius 2 is 1.37 bits per heavy atom. The number of aromatic amines is 1. The molecule has 0 radical (unpaired) electrons. The molecule has 91 heavy (non-hydrogen) atoms. The largest absolute Gasteiger partial charge is 0.391 e. The maximum Gasteiger partial charge on any atom is 0.246 e. The lowest BCUT2D eigenvalue weighted by Crippen LogP contribution is -2.61. The first-order valence-corrected chi connectivity index (χ1v) is 35.2. The van der Waals surface area contributed by atoms with Gasteiger partial charge < -0.3 is 90.3 Å². The molecular weight excluding hydrogens is 1270 g/mol. The fourth-order valence-electron chi connectivity index (χ4n) is 9.95. The topological polar surface area (TPSA) is 488 Å². The third-order valence-electron chi connectivity index (χ3n) is 15.3. The van der Waals surface area contributed by atoms with E-state index in [0.29, 0.717) is 25.0 Å². The third-order valence-corrected chi connectivity index (χ3v) is 20.1. The minimum atomic E-state index is -1.56. The summed E-state index contributed by atoms with van der Waals surface area (Å²) < 4.78 is 0. The van der Waals surface area contributed by atoms with Crippen LogP contribution in [0.25, 0.3) is 0 Å². The summed E-state index contributed by atoms with van der Waals surface area (Å²) in [6.45, 7) is 8.78. The van der Waals surface area contributed by atoms with E-state index in [2.05, 4.69) is 73.8 Å². The van der Waals surface area contributed by atoms with Crippen LogP contribution < -0.4 is 75.3 Å². The number of primary amides is 1. The van der Waals surface area contributed by atoms with Crippen LogP contribution in [0.3, 0.4) is 0 Å². The molecule has 506 valence electrons. The molecule has 14 amide bonds. The molecule has 32 nitrogen and oxygen atoms in total. The van der Waals surface area contributed by atoms with Gasteiger partial charge in [0.2, 0.25) is 82.7 Å². The molecule has 0 unspecified atom stereocenters. The van der Waals surface area contributed by atoms with Crippen LogP contribution >= 0.6 is 43.2 Å². The van der Waals surface area contributed by atoms with Crippen LogP contribution in [0, 0.1) is 17.8 Å². The Bertz CT molecular complexity index is 2770. The van der Waals surface area contributed by atoms with Gasteiger partial charge in [-0.15, -0.1) is 0 Å². The van der Waals surface area contributed by atoms with Crippen LogP contribution in [0.1, 0.15) is 98.6 Å². The van der Waals surface area contributed by atoms with Crippen LogP contribution in [0.15, 0.2) is 12.5 Å². The lowest BCUT2D eigenvalue weighted by atomic mass is 9.97. The van der Waals surface area contributed by atoms with Gasteiger partial charge in [0.25, 0.3) is 0 Å². The number of unbranched alkanes of at least 4 members (excludes halogenated alkanes) is 1. The molecule has 13 atom stereocenters. The van der Waals surface area contributed by atoms with Gasteiger partial charge in [-0.05, 0) is 56.4 Å². The van der Waals surface area contributed by atoms with Crippen molar-refractivity contribution < 1.29 is 72.2 Å². The van der Waals surface area contributed by atoms with Crippen LogP contribution in [-0.4, -0.2) is 224 Å². The number of aromatic nitrogens is 2. The monoisotopic (exact) mass is 1350 g/mol. The lowest BCUT2D eigenvalue weighted by Gasteiger charge is -2.31. The Balaban J connectivity index is 1.59. The van der Waals surface area contributed by atoms with Crippen LogP contribution in [0.2, 0.25) is 0 Å². The van der Waals surface area contributed by atoms with Gasteiger partial charge in [0.05, 0.1) is 25.5 Å². The van der Waals surface area contributed by atoms with Gasteiger partial charge in [0, 0.05) is 60.7 Å². The molecule has 0 spiro atoms. The molecule has 2 bridgehead atoms. The Labute approximate surface area is 542 Å². The molecule has 36 heteroatoms. The van der Waals surface area contributed by atoms with Crippen LogP contribution in [-0.2, 0) is 73.5 Å². The van der Waals surface area contributed by atoms with Gasteiger partial charge in [-0.25, -0.2) is 4.98 Å². The number of nitrogens with zero attached hydrogens (tertiary/aromatic N) is 2. The number of imidazole rings is 1. The van der Waals surface area contributed by atoms with E-state index < -0.39 is 174 Å². The minimum Gasteiger partial charge on any atom is -0.391 e. The van der Waals surface area contributed by atoms with Crippen molar-refractivity contribution in [1.82, 2.24) is 78.7 Å². The highest BCUT2D eigenvalue weighted by Gasteiger charge is 2.44. The highest BCUT2D eigenvalue weighted by Crippen LogP contribution is 2.27. The average Bonchev–Trinajstić information content (AvgIpc) is 1.84. The molecule has 5 heterocycles. The molecule has 0 aromatic carbocycles. The SMILES string of the molecule is CC[C@H](C)[C@@H]1NC(=O)CNC(=O)[C@@H]2CSSC[C@H](NC(=O)[C@H](CC(C)C)NC(=O)[C@H](CCCCN)NC1=O)C(=O)N[C@@H](Cc1cnc[nH]1)C(=O)N1C[C@H](O)C[C@H]1C(=O)N[C@H](C(N)=O)CSSC[C@H](NC(=O)[C@@H](NC(=O)CNC(=O)[C@@H]1CCC(=O)N1)C(C)C)C(=O)N2. The van der Waals surface area contributed by atoms with Crippen molar-refractivity contribution in [2.45, 2.75) is 172 Å². The third kappa shape index (κ3) is 23.6. The summed E-state index contributed by atoms with van der Waals surface area (Å²) in [4.78, 5) is 203. The molecule has 4 fully saturated rings. The predicted molar refractivity (Wildman–Crippen MR) is 339 cm³/mol. The van der Waals surface area contributed by atoms with E-state index in [1.807, 2.05) is 0 Å². The Hall–Kier alpha value is -6.89. The predicted octanol–water partition coefficient (Wildman–Crippen LogP) is -5.06. The number of carbonyl (C=O) groups excluding carboxylic acids is 14. The number of aliphatic hydroxyl groups is 1. The maximum atomic E-state index is 14.9. The van der Waals surface area contributed by atoms with E-state index in [0.717, 1.165) is 48.1 Å². The van der Waals surface area contributed by atoms with Crippen molar-refractivity contribution in [1.29, 1.82) is 0 Å². The second-order valence-corrected chi connectivity index (χ2v) is 28.5. The molecule has 4 saturated heterocycles. The van der Waals surface area contributed by atoms with Gasteiger partial charge in [0.15, 0.2) is 0 Å². The van der Waals surface area contributed by atoms with Gasteiger partial charge in [-0.3, -0.25) is 67.1 Å². The Morgan fingerprint density at radius 1 is 0.725 bits per heavy atom. The quantitative estimate of drug-likeness (QED) is 0.0483. The van der Waals surface area contributed by atoms with E-state index in [-0.39, 0.29) is 86.5 Å².